The SMILES string of the molecule is O=[C]c1ccc(C(=O)O)cc1[C]=O. The number of hydrogen-bond donors (Lipinski definition) is 1. The molecule has 1 aromatic rings. The van der Waals surface area contributed by atoms with Gasteiger partial charge < -0.3 is 5.11 Å². The number of rotatable bonds is 3. The highest BCUT2D eigenvalue weighted by Crippen LogP contribution is 2.07. The van der Waals surface area contributed by atoms with Crippen LogP contribution >= 0.6 is 0 Å². The lowest BCUT2D eigenvalue weighted by Gasteiger charge is -1.96. The third kappa shape index (κ3) is 1.79. The number of carbonyl (C=O) groups excluding carboxylic acids is 2. The van der Waals surface area contributed by atoms with Crippen LogP contribution in [0.2, 0.25) is 0 Å². The van der Waals surface area contributed by atoms with Crippen LogP contribution < -0.4 is 0 Å². The molecule has 0 unspecified atom stereocenters. The number of carboxylic acid groups (broad SMARTS) is 1. The Morgan fingerprint density at radius 3 is 2.23 bits per heavy atom. The molecule has 0 heterocycles. The van der Waals surface area contributed by atoms with Gasteiger partial charge in [0.25, 0.3) is 0 Å². The molecule has 0 amide bonds. The summed E-state index contributed by atoms with van der Waals surface area (Å²) in [6.45, 7) is 0. The van der Waals surface area contributed by atoms with Crippen molar-refractivity contribution in [2.75, 3.05) is 0 Å². The molecule has 13 heavy (non-hydrogen) atoms. The molecule has 64 valence electrons. The first kappa shape index (κ1) is 9.12. The van der Waals surface area contributed by atoms with Gasteiger partial charge in [-0.15, -0.1) is 0 Å². The quantitative estimate of drug-likeness (QED) is 0.718. The highest BCUT2D eigenvalue weighted by atomic mass is 16.4. The highest BCUT2D eigenvalue weighted by Gasteiger charge is 2.07. The van der Waals surface area contributed by atoms with Crippen LogP contribution in [-0.4, -0.2) is 23.6 Å². The van der Waals surface area contributed by atoms with Crippen LogP contribution in [0, 0.1) is 0 Å². The van der Waals surface area contributed by atoms with Gasteiger partial charge in [0.15, 0.2) is 0 Å². The molecule has 0 spiro atoms. The van der Waals surface area contributed by atoms with Crippen LogP contribution in [0.4, 0.5) is 0 Å². The smallest absolute Gasteiger partial charge is 0.335 e. The Kier molecular flexibility index (Phi) is 2.54. The molecule has 4 nitrogen and oxygen atoms in total. The van der Waals surface area contributed by atoms with E-state index < -0.39 is 5.97 Å². The van der Waals surface area contributed by atoms with E-state index in [0.717, 1.165) is 6.07 Å². The Bertz CT molecular complexity index is 368. The van der Waals surface area contributed by atoms with E-state index in [2.05, 4.69) is 0 Å². The van der Waals surface area contributed by atoms with Crippen molar-refractivity contribution < 1.29 is 19.5 Å². The predicted octanol–water partition coefficient (Wildman–Crippen LogP) is 0.300. The maximum atomic E-state index is 10.4. The molecule has 1 N–H and O–H groups in total. The maximum Gasteiger partial charge on any atom is 0.335 e. The van der Waals surface area contributed by atoms with Crippen LogP contribution in [-0.2, 0) is 9.59 Å². The molecular formula is C9H4O4. The van der Waals surface area contributed by atoms with Crippen molar-refractivity contribution in [3.05, 3.63) is 34.9 Å². The molecule has 0 fully saturated rings. The Morgan fingerprint density at radius 1 is 1.15 bits per heavy atom. The van der Waals surface area contributed by atoms with Gasteiger partial charge in [-0.2, -0.15) is 0 Å². The molecule has 1 aromatic carbocycles. The van der Waals surface area contributed by atoms with Gasteiger partial charge in [0, 0.05) is 11.1 Å². The van der Waals surface area contributed by atoms with Crippen LogP contribution in [0.15, 0.2) is 18.2 Å². The third-order valence-electron chi connectivity index (χ3n) is 1.49. The molecule has 0 aliphatic heterocycles. The largest absolute Gasteiger partial charge is 0.478 e. The van der Waals surface area contributed by atoms with Crippen LogP contribution in [0.3, 0.4) is 0 Å². The van der Waals surface area contributed by atoms with E-state index in [1.54, 1.807) is 0 Å². The fourth-order valence-corrected chi connectivity index (χ4v) is 0.851. The van der Waals surface area contributed by atoms with E-state index in [4.69, 9.17) is 5.11 Å². The average molecular weight is 176 g/mol. The first-order valence-corrected chi connectivity index (χ1v) is 3.32. The molecule has 0 saturated heterocycles. The third-order valence-corrected chi connectivity index (χ3v) is 1.49. The molecular weight excluding hydrogens is 172 g/mol. The number of carbonyl (C=O) groups is 1. The van der Waals surface area contributed by atoms with Crippen molar-refractivity contribution in [2.45, 2.75) is 0 Å². The van der Waals surface area contributed by atoms with Crippen LogP contribution in [0.25, 0.3) is 0 Å². The lowest BCUT2D eigenvalue weighted by atomic mass is 10.1. The summed E-state index contributed by atoms with van der Waals surface area (Å²) >= 11 is 0. The number of carboxylic acids is 1. The zero-order valence-corrected chi connectivity index (χ0v) is 6.40. The van der Waals surface area contributed by atoms with Crippen molar-refractivity contribution in [3.63, 3.8) is 0 Å². The summed E-state index contributed by atoms with van der Waals surface area (Å²) in [6, 6.07) is 3.52. The minimum absolute atomic E-state index is 0.0139. The van der Waals surface area contributed by atoms with Crippen LogP contribution in [0.1, 0.15) is 21.5 Å². The van der Waals surface area contributed by atoms with E-state index in [-0.39, 0.29) is 16.7 Å². The van der Waals surface area contributed by atoms with Gasteiger partial charge in [0.1, 0.15) is 0 Å². The Morgan fingerprint density at radius 2 is 1.77 bits per heavy atom. The fourth-order valence-electron chi connectivity index (χ4n) is 0.851. The van der Waals surface area contributed by atoms with Crippen molar-refractivity contribution in [3.8, 4) is 0 Å². The van der Waals surface area contributed by atoms with Gasteiger partial charge >= 0.3 is 5.97 Å². The zero-order chi connectivity index (χ0) is 9.84. The molecule has 4 heteroatoms. The Labute approximate surface area is 73.8 Å². The summed E-state index contributed by atoms with van der Waals surface area (Å²) in [7, 11) is 0. The summed E-state index contributed by atoms with van der Waals surface area (Å²) in [5, 5.41) is 8.54. The monoisotopic (exact) mass is 176 g/mol. The normalized spacial score (nSPS) is 9.23. The average Bonchev–Trinajstić information content (AvgIpc) is 2.16. The van der Waals surface area contributed by atoms with Gasteiger partial charge in [-0.1, -0.05) is 0 Å². The summed E-state index contributed by atoms with van der Waals surface area (Å²) in [4.78, 5) is 30.9. The topological polar surface area (TPSA) is 71.4 Å². The molecule has 0 bridgehead atoms. The lowest BCUT2D eigenvalue weighted by molar-refractivity contribution is 0.0697. The van der Waals surface area contributed by atoms with Gasteiger partial charge in [0.2, 0.25) is 12.6 Å². The second-order valence-corrected chi connectivity index (χ2v) is 2.27. The van der Waals surface area contributed by atoms with Gasteiger partial charge in [0.05, 0.1) is 5.56 Å². The van der Waals surface area contributed by atoms with E-state index in [1.165, 1.54) is 24.7 Å². The predicted molar refractivity (Wildman–Crippen MR) is 43.0 cm³/mol. The van der Waals surface area contributed by atoms with E-state index >= 15 is 0 Å². The minimum atomic E-state index is -1.16. The first-order chi connectivity index (χ1) is 6.19. The van der Waals surface area contributed by atoms with Crippen molar-refractivity contribution in [1.29, 1.82) is 0 Å². The second kappa shape index (κ2) is 3.62. The highest BCUT2D eigenvalue weighted by molar-refractivity contribution is 5.95. The standard InChI is InChI=1S/C9H4O4/c10-4-7-2-1-6(9(12)13)3-8(7)5-11/h1-3H,(H,12,13). The first-order valence-electron chi connectivity index (χ1n) is 3.32. The minimum Gasteiger partial charge on any atom is -0.478 e. The molecule has 0 aliphatic carbocycles. The van der Waals surface area contributed by atoms with Gasteiger partial charge in [-0.05, 0) is 18.2 Å². The van der Waals surface area contributed by atoms with Crippen molar-refractivity contribution in [1.82, 2.24) is 0 Å². The molecule has 0 atom stereocenters. The van der Waals surface area contributed by atoms with E-state index in [0.29, 0.717) is 0 Å². The molecule has 1 rings (SSSR count). The van der Waals surface area contributed by atoms with Crippen molar-refractivity contribution >= 4 is 18.5 Å². The summed E-state index contributed by atoms with van der Waals surface area (Å²) < 4.78 is 0. The molecule has 0 aliphatic rings. The maximum absolute atomic E-state index is 10.4. The lowest BCUT2D eigenvalue weighted by Crippen LogP contribution is -2.00. The number of hydrogen-bond acceptors (Lipinski definition) is 3. The summed E-state index contributed by atoms with van der Waals surface area (Å²) in [6.07, 6.45) is 2.97. The van der Waals surface area contributed by atoms with Gasteiger partial charge in [-0.25, -0.2) is 4.79 Å². The molecule has 0 saturated carbocycles. The zero-order valence-electron chi connectivity index (χ0n) is 6.40. The molecule has 2 radical (unpaired) electrons. The second-order valence-electron chi connectivity index (χ2n) is 2.27. The summed E-state index contributed by atoms with van der Waals surface area (Å²) in [5.74, 6) is -1.16. The number of benzene rings is 1. The molecule has 0 aromatic heterocycles. The van der Waals surface area contributed by atoms with Gasteiger partial charge in [-0.3, -0.25) is 9.59 Å². The summed E-state index contributed by atoms with van der Waals surface area (Å²) in [5.41, 5.74) is -0.132. The Hall–Kier alpha value is -1.97. The Balaban J connectivity index is 3.28. The number of aromatic carboxylic acids is 1. The van der Waals surface area contributed by atoms with E-state index in [1.807, 2.05) is 0 Å². The fraction of sp³-hybridized carbons (Fsp3) is 0. The van der Waals surface area contributed by atoms with Crippen LogP contribution in [0.5, 0.6) is 0 Å². The van der Waals surface area contributed by atoms with Crippen molar-refractivity contribution in [2.24, 2.45) is 0 Å². The van der Waals surface area contributed by atoms with E-state index in [9.17, 15) is 14.4 Å².